The number of hydrogen-bond acceptors (Lipinski definition) is 4. The zero-order valence-corrected chi connectivity index (χ0v) is 12.0. The van der Waals surface area contributed by atoms with E-state index in [1.54, 1.807) is 19.2 Å². The number of nitrogens with two attached hydrogens (primary N) is 1. The minimum atomic E-state index is -0.565. The van der Waals surface area contributed by atoms with Crippen LogP contribution in [0.3, 0.4) is 0 Å². The molecule has 106 valence electrons. The second kappa shape index (κ2) is 5.99. The van der Waals surface area contributed by atoms with Gasteiger partial charge in [0.15, 0.2) is 11.5 Å². The highest BCUT2D eigenvalue weighted by atomic mass is 35.5. The molecule has 19 heavy (non-hydrogen) atoms. The van der Waals surface area contributed by atoms with E-state index in [4.69, 9.17) is 26.8 Å². The normalized spacial score (nSPS) is 18.6. The van der Waals surface area contributed by atoms with Gasteiger partial charge in [-0.1, -0.05) is 24.1 Å². The highest BCUT2D eigenvalue weighted by Gasteiger charge is 2.32. The maximum absolute atomic E-state index is 10.2. The van der Waals surface area contributed by atoms with Crippen LogP contribution < -0.4 is 15.2 Å². The van der Waals surface area contributed by atoms with Gasteiger partial charge in [-0.2, -0.15) is 0 Å². The van der Waals surface area contributed by atoms with Crippen molar-refractivity contribution >= 4 is 11.6 Å². The zero-order chi connectivity index (χ0) is 14.0. The molecule has 1 aliphatic rings. The van der Waals surface area contributed by atoms with Gasteiger partial charge in [0, 0.05) is 0 Å². The van der Waals surface area contributed by atoms with Crippen molar-refractivity contribution < 1.29 is 14.6 Å². The van der Waals surface area contributed by atoms with Crippen LogP contribution in [-0.2, 0) is 0 Å². The van der Waals surface area contributed by atoms with Crippen LogP contribution >= 0.6 is 11.6 Å². The summed E-state index contributed by atoms with van der Waals surface area (Å²) in [6, 6.07) is 3.04. The number of hydrogen-bond donors (Lipinski definition) is 2. The maximum atomic E-state index is 10.2. The van der Waals surface area contributed by atoms with E-state index in [2.05, 4.69) is 0 Å². The Morgan fingerprint density at radius 2 is 2.00 bits per heavy atom. The summed E-state index contributed by atoms with van der Waals surface area (Å²) < 4.78 is 10.4. The van der Waals surface area contributed by atoms with Gasteiger partial charge in [-0.25, -0.2) is 0 Å². The van der Waals surface area contributed by atoms with Crippen LogP contribution in [0.4, 0.5) is 0 Å². The van der Waals surface area contributed by atoms with Crippen molar-refractivity contribution in [1.29, 1.82) is 0 Å². The Morgan fingerprint density at radius 3 is 2.47 bits per heavy atom. The van der Waals surface area contributed by atoms with E-state index in [0.717, 1.165) is 19.3 Å². The minimum Gasteiger partial charge on any atom is -0.493 e. The van der Waals surface area contributed by atoms with Crippen LogP contribution in [0.15, 0.2) is 12.1 Å². The van der Waals surface area contributed by atoms with Crippen LogP contribution in [-0.4, -0.2) is 25.4 Å². The second-order valence-corrected chi connectivity index (χ2v) is 5.29. The van der Waals surface area contributed by atoms with Gasteiger partial charge < -0.3 is 20.3 Å². The van der Waals surface area contributed by atoms with Crippen LogP contribution in [0, 0.1) is 5.92 Å². The smallest absolute Gasteiger partial charge is 0.179 e. The molecular formula is C14H20ClNO3. The molecule has 5 heteroatoms. The molecular weight excluding hydrogens is 266 g/mol. The van der Waals surface area contributed by atoms with Crippen molar-refractivity contribution in [2.24, 2.45) is 11.7 Å². The molecule has 1 aromatic carbocycles. The van der Waals surface area contributed by atoms with Gasteiger partial charge in [0.2, 0.25) is 0 Å². The summed E-state index contributed by atoms with van der Waals surface area (Å²) in [6.07, 6.45) is 2.65. The molecule has 2 rings (SSSR count). The van der Waals surface area contributed by atoms with Gasteiger partial charge in [0.25, 0.3) is 0 Å². The fraction of sp³-hybridized carbons (Fsp3) is 0.571. The van der Waals surface area contributed by atoms with E-state index < -0.39 is 12.1 Å². The first-order chi connectivity index (χ1) is 9.10. The molecule has 1 saturated carbocycles. The molecule has 0 saturated heterocycles. The molecule has 0 radical (unpaired) electrons. The average molecular weight is 286 g/mol. The van der Waals surface area contributed by atoms with E-state index in [1.165, 1.54) is 7.11 Å². The molecule has 0 heterocycles. The van der Waals surface area contributed by atoms with Crippen LogP contribution in [0.5, 0.6) is 11.5 Å². The molecule has 4 nitrogen and oxygen atoms in total. The molecule has 1 fully saturated rings. The monoisotopic (exact) mass is 285 g/mol. The standard InChI is InChI=1S/C14H20ClNO3/c1-18-10-7-6-9(11(15)14(10)19-2)12(16)13(17)8-4-3-5-8/h6-8,12-13,17H,3-5,16H2,1-2H3/t12-,13+/m1/s1. The van der Waals surface area contributed by atoms with Gasteiger partial charge in [0.05, 0.1) is 31.4 Å². The number of halogens is 1. The van der Waals surface area contributed by atoms with Gasteiger partial charge in [-0.3, -0.25) is 0 Å². The molecule has 0 aromatic heterocycles. The van der Waals surface area contributed by atoms with Gasteiger partial charge in [-0.15, -0.1) is 0 Å². The zero-order valence-electron chi connectivity index (χ0n) is 11.2. The molecule has 0 bridgehead atoms. The van der Waals surface area contributed by atoms with Crippen molar-refractivity contribution in [3.8, 4) is 11.5 Å². The first kappa shape index (κ1) is 14.4. The van der Waals surface area contributed by atoms with Crippen molar-refractivity contribution in [3.63, 3.8) is 0 Å². The molecule has 0 spiro atoms. The summed E-state index contributed by atoms with van der Waals surface area (Å²) in [5.74, 6) is 1.29. The van der Waals surface area contributed by atoms with Crippen LogP contribution in [0.25, 0.3) is 0 Å². The highest BCUT2D eigenvalue weighted by Crippen LogP contribution is 2.42. The molecule has 0 unspecified atom stereocenters. The van der Waals surface area contributed by atoms with E-state index in [-0.39, 0.29) is 5.92 Å². The van der Waals surface area contributed by atoms with Crippen molar-refractivity contribution in [2.75, 3.05) is 14.2 Å². The number of aliphatic hydroxyl groups excluding tert-OH is 1. The Balaban J connectivity index is 2.28. The van der Waals surface area contributed by atoms with Crippen LogP contribution in [0.2, 0.25) is 5.02 Å². The number of aliphatic hydroxyl groups is 1. The Kier molecular flexibility index (Phi) is 4.55. The summed E-state index contributed by atoms with van der Waals surface area (Å²) in [4.78, 5) is 0. The minimum absolute atomic E-state index is 0.277. The molecule has 2 atom stereocenters. The predicted octanol–water partition coefficient (Wildman–Crippen LogP) is 2.52. The summed E-state index contributed by atoms with van der Waals surface area (Å²) in [6.45, 7) is 0. The Morgan fingerprint density at radius 1 is 1.32 bits per heavy atom. The lowest BCUT2D eigenvalue weighted by atomic mass is 9.77. The lowest BCUT2D eigenvalue weighted by Gasteiger charge is -2.34. The highest BCUT2D eigenvalue weighted by molar-refractivity contribution is 6.33. The summed E-state index contributed by atoms with van der Waals surface area (Å²) in [7, 11) is 3.08. The first-order valence-electron chi connectivity index (χ1n) is 6.44. The maximum Gasteiger partial charge on any atom is 0.179 e. The van der Waals surface area contributed by atoms with Crippen molar-refractivity contribution in [2.45, 2.75) is 31.4 Å². The van der Waals surface area contributed by atoms with E-state index >= 15 is 0 Å². The van der Waals surface area contributed by atoms with Crippen molar-refractivity contribution in [1.82, 2.24) is 0 Å². The Hall–Kier alpha value is -0.970. The second-order valence-electron chi connectivity index (χ2n) is 4.91. The lowest BCUT2D eigenvalue weighted by Crippen LogP contribution is -2.36. The lowest BCUT2D eigenvalue weighted by molar-refractivity contribution is 0.0413. The summed E-state index contributed by atoms with van der Waals surface area (Å²) in [5.41, 5.74) is 6.83. The van der Waals surface area contributed by atoms with E-state index in [0.29, 0.717) is 22.1 Å². The van der Waals surface area contributed by atoms with E-state index in [9.17, 15) is 5.11 Å². The Labute approximate surface area is 118 Å². The number of benzene rings is 1. The number of ether oxygens (including phenoxy) is 2. The summed E-state index contributed by atoms with van der Waals surface area (Å²) in [5, 5.41) is 10.7. The van der Waals surface area contributed by atoms with Gasteiger partial charge >= 0.3 is 0 Å². The van der Waals surface area contributed by atoms with Gasteiger partial charge in [-0.05, 0) is 30.4 Å². The first-order valence-corrected chi connectivity index (χ1v) is 6.82. The molecule has 1 aromatic rings. The topological polar surface area (TPSA) is 64.7 Å². The summed E-state index contributed by atoms with van der Waals surface area (Å²) >= 11 is 6.30. The van der Waals surface area contributed by atoms with Crippen LogP contribution in [0.1, 0.15) is 30.9 Å². The SMILES string of the molecule is COc1ccc([C@@H](N)[C@@H](O)C2CCC2)c(Cl)c1OC. The third-order valence-corrected chi connectivity index (χ3v) is 4.26. The molecule has 3 N–H and O–H groups in total. The van der Waals surface area contributed by atoms with Gasteiger partial charge in [0.1, 0.15) is 0 Å². The largest absolute Gasteiger partial charge is 0.493 e. The fourth-order valence-corrected chi connectivity index (χ4v) is 2.78. The molecule has 0 aliphatic heterocycles. The predicted molar refractivity (Wildman–Crippen MR) is 74.8 cm³/mol. The van der Waals surface area contributed by atoms with Crippen molar-refractivity contribution in [3.05, 3.63) is 22.7 Å². The average Bonchev–Trinajstić information content (AvgIpc) is 2.35. The molecule has 0 amide bonds. The van der Waals surface area contributed by atoms with E-state index in [1.807, 2.05) is 0 Å². The Bertz CT molecular complexity index is 449. The third-order valence-electron chi connectivity index (χ3n) is 3.87. The third kappa shape index (κ3) is 2.66. The number of rotatable bonds is 5. The molecule has 1 aliphatic carbocycles. The number of methoxy groups -OCH3 is 2. The fourth-order valence-electron chi connectivity index (χ4n) is 2.42. The quantitative estimate of drug-likeness (QED) is 0.872.